The fourth-order valence-corrected chi connectivity index (χ4v) is 0.337. The van der Waals surface area contributed by atoms with Gasteiger partial charge in [-0.15, -0.1) is 0 Å². The minimum absolute atomic E-state index is 0.324. The van der Waals surface area contributed by atoms with Crippen LogP contribution in [-0.4, -0.2) is 43.4 Å². The maximum Gasteiger partial charge on any atom is 0.173 e. The first-order valence-electron chi connectivity index (χ1n) is 3.58. The molecule has 0 amide bonds. The molecular weight excluding hydrogens is 160 g/mol. The highest BCUT2D eigenvalue weighted by molar-refractivity contribution is 4.68. The zero-order valence-corrected chi connectivity index (χ0v) is 7.86. The van der Waals surface area contributed by atoms with Crippen molar-refractivity contribution >= 4 is 0 Å². The highest BCUT2D eigenvalue weighted by Gasteiger charge is 1.87. The van der Waals surface area contributed by atoms with Crippen LogP contribution in [0.5, 0.6) is 0 Å². The summed E-state index contributed by atoms with van der Waals surface area (Å²) in [6.45, 7) is 5.37. The molecule has 0 aliphatic heterocycles. The van der Waals surface area contributed by atoms with Gasteiger partial charge in [0.05, 0.1) is 12.7 Å². The van der Waals surface area contributed by atoms with E-state index >= 15 is 0 Å². The Morgan fingerprint density at radius 3 is 1.92 bits per heavy atom. The highest BCUT2D eigenvalue weighted by atomic mass is 16.6. The van der Waals surface area contributed by atoms with Crippen LogP contribution >= 0.6 is 0 Å². The second-order valence-corrected chi connectivity index (χ2v) is 2.17. The molecular formula is C8H18O4. The van der Waals surface area contributed by atoms with E-state index in [1.807, 2.05) is 0 Å². The average molecular weight is 178 g/mol. The molecule has 0 fully saturated rings. The summed E-state index contributed by atoms with van der Waals surface area (Å²) < 4.78 is 8.89. The summed E-state index contributed by atoms with van der Waals surface area (Å²) in [4.78, 5) is 0. The van der Waals surface area contributed by atoms with Crippen molar-refractivity contribution in [3.63, 3.8) is 0 Å². The van der Waals surface area contributed by atoms with Crippen LogP contribution in [0.15, 0.2) is 12.7 Å². The van der Waals surface area contributed by atoms with Crippen molar-refractivity contribution in [1.29, 1.82) is 0 Å². The first kappa shape index (κ1) is 14.1. The second-order valence-electron chi connectivity index (χ2n) is 2.17. The molecule has 0 aromatic carbocycles. The molecule has 0 heterocycles. The van der Waals surface area contributed by atoms with Gasteiger partial charge < -0.3 is 19.7 Å². The topological polar surface area (TPSA) is 58.9 Å². The number of hydrogen-bond donors (Lipinski definition) is 2. The van der Waals surface area contributed by atoms with Crippen molar-refractivity contribution in [1.82, 2.24) is 0 Å². The third-order valence-corrected chi connectivity index (χ3v) is 0.851. The van der Waals surface area contributed by atoms with Gasteiger partial charge in [0, 0.05) is 14.2 Å². The summed E-state index contributed by atoms with van der Waals surface area (Å²) in [7, 11) is 2.97. The SMILES string of the molecule is C=CC(O)OC.COCC(C)O. The van der Waals surface area contributed by atoms with Crippen molar-refractivity contribution in [2.75, 3.05) is 20.8 Å². The van der Waals surface area contributed by atoms with E-state index in [4.69, 9.17) is 10.2 Å². The largest absolute Gasteiger partial charge is 0.391 e. The molecule has 0 radical (unpaired) electrons. The minimum atomic E-state index is -0.801. The van der Waals surface area contributed by atoms with Crippen LogP contribution in [0.3, 0.4) is 0 Å². The second kappa shape index (κ2) is 10.6. The third kappa shape index (κ3) is 16.3. The van der Waals surface area contributed by atoms with E-state index < -0.39 is 6.29 Å². The molecule has 0 rings (SSSR count). The fraction of sp³-hybridized carbons (Fsp3) is 0.750. The molecule has 4 heteroatoms. The highest BCUT2D eigenvalue weighted by Crippen LogP contribution is 1.78. The molecule has 0 bridgehead atoms. The van der Waals surface area contributed by atoms with Gasteiger partial charge in [0.25, 0.3) is 0 Å². The van der Waals surface area contributed by atoms with Gasteiger partial charge in [-0.1, -0.05) is 6.58 Å². The van der Waals surface area contributed by atoms with E-state index in [-0.39, 0.29) is 6.10 Å². The van der Waals surface area contributed by atoms with Gasteiger partial charge >= 0.3 is 0 Å². The van der Waals surface area contributed by atoms with Crippen LogP contribution in [0.25, 0.3) is 0 Å². The van der Waals surface area contributed by atoms with Crippen LogP contribution in [0.2, 0.25) is 0 Å². The number of aliphatic hydroxyl groups is 2. The van der Waals surface area contributed by atoms with Crippen molar-refractivity contribution in [2.45, 2.75) is 19.3 Å². The van der Waals surface area contributed by atoms with Crippen molar-refractivity contribution in [3.8, 4) is 0 Å². The fourth-order valence-electron chi connectivity index (χ4n) is 0.337. The van der Waals surface area contributed by atoms with Gasteiger partial charge in [0.2, 0.25) is 0 Å². The van der Waals surface area contributed by atoms with Gasteiger partial charge in [-0.05, 0) is 13.0 Å². The maximum absolute atomic E-state index is 8.43. The lowest BCUT2D eigenvalue weighted by molar-refractivity contribution is -0.0353. The molecule has 0 spiro atoms. The number of methoxy groups -OCH3 is 2. The van der Waals surface area contributed by atoms with E-state index in [0.717, 1.165) is 0 Å². The van der Waals surface area contributed by atoms with Crippen LogP contribution in [-0.2, 0) is 9.47 Å². The smallest absolute Gasteiger partial charge is 0.173 e. The summed E-state index contributed by atoms with van der Waals surface area (Å²) in [5.41, 5.74) is 0. The molecule has 0 aliphatic rings. The zero-order valence-electron chi connectivity index (χ0n) is 7.86. The molecule has 2 atom stereocenters. The lowest BCUT2D eigenvalue weighted by Crippen LogP contribution is -2.07. The summed E-state index contributed by atoms with van der Waals surface area (Å²) in [6, 6.07) is 0. The molecule has 2 unspecified atom stereocenters. The van der Waals surface area contributed by atoms with E-state index in [1.54, 1.807) is 14.0 Å². The number of hydrogen-bond acceptors (Lipinski definition) is 4. The Hall–Kier alpha value is -0.420. The van der Waals surface area contributed by atoms with E-state index in [9.17, 15) is 0 Å². The maximum atomic E-state index is 8.43. The molecule has 0 aliphatic carbocycles. The first-order chi connectivity index (χ1) is 5.58. The number of ether oxygens (including phenoxy) is 2. The van der Waals surface area contributed by atoms with Crippen LogP contribution < -0.4 is 0 Å². The van der Waals surface area contributed by atoms with E-state index in [0.29, 0.717) is 6.61 Å². The Labute approximate surface area is 73.4 Å². The summed E-state index contributed by atoms with van der Waals surface area (Å²) >= 11 is 0. The Morgan fingerprint density at radius 2 is 1.92 bits per heavy atom. The van der Waals surface area contributed by atoms with Gasteiger partial charge in [-0.3, -0.25) is 0 Å². The molecule has 74 valence electrons. The predicted molar refractivity (Wildman–Crippen MR) is 46.8 cm³/mol. The molecule has 2 N–H and O–H groups in total. The molecule has 0 aromatic rings. The lowest BCUT2D eigenvalue weighted by Gasteiger charge is -1.97. The standard InChI is InChI=1S/C4H10O2.C4H8O2/c1-4(5)3-6-2;1-3-4(5)6-2/h4-5H,3H2,1-2H3;3-5H,1H2,2H3. The molecule has 0 aromatic heterocycles. The van der Waals surface area contributed by atoms with E-state index in [1.165, 1.54) is 13.2 Å². The Bertz CT molecular complexity index is 93.1. The first-order valence-corrected chi connectivity index (χ1v) is 3.58. The van der Waals surface area contributed by atoms with Gasteiger partial charge in [0.15, 0.2) is 6.29 Å². The zero-order chi connectivity index (χ0) is 9.98. The van der Waals surface area contributed by atoms with Crippen LogP contribution in [0.1, 0.15) is 6.92 Å². The van der Waals surface area contributed by atoms with Crippen molar-refractivity contribution < 1.29 is 19.7 Å². The normalized spacial score (nSPS) is 14.1. The van der Waals surface area contributed by atoms with Gasteiger partial charge in [0.1, 0.15) is 0 Å². The Balaban J connectivity index is 0. The monoisotopic (exact) mass is 178 g/mol. The number of rotatable bonds is 4. The van der Waals surface area contributed by atoms with Gasteiger partial charge in [-0.2, -0.15) is 0 Å². The third-order valence-electron chi connectivity index (χ3n) is 0.851. The molecule has 4 nitrogen and oxygen atoms in total. The van der Waals surface area contributed by atoms with Crippen molar-refractivity contribution in [3.05, 3.63) is 12.7 Å². The molecule has 0 saturated heterocycles. The minimum Gasteiger partial charge on any atom is -0.391 e. The predicted octanol–water partition coefficient (Wildman–Crippen LogP) is 0.151. The van der Waals surface area contributed by atoms with Crippen LogP contribution in [0, 0.1) is 0 Å². The average Bonchev–Trinajstić information content (AvgIpc) is 2.04. The molecule has 12 heavy (non-hydrogen) atoms. The summed E-state index contributed by atoms with van der Waals surface area (Å²) in [5, 5.41) is 16.8. The van der Waals surface area contributed by atoms with Crippen LogP contribution in [0.4, 0.5) is 0 Å². The molecule has 0 saturated carbocycles. The Kier molecular flexibility index (Phi) is 12.5. The van der Waals surface area contributed by atoms with E-state index in [2.05, 4.69) is 16.1 Å². The number of aliphatic hydroxyl groups excluding tert-OH is 2. The Morgan fingerprint density at radius 1 is 1.42 bits per heavy atom. The lowest BCUT2D eigenvalue weighted by atomic mass is 10.5. The van der Waals surface area contributed by atoms with Crippen molar-refractivity contribution in [2.24, 2.45) is 0 Å². The quantitative estimate of drug-likeness (QED) is 0.475. The van der Waals surface area contributed by atoms with Gasteiger partial charge in [-0.25, -0.2) is 0 Å². The summed E-state index contributed by atoms with van der Waals surface area (Å²) in [5.74, 6) is 0. The summed E-state index contributed by atoms with van der Waals surface area (Å²) in [6.07, 6.45) is 0.181.